The maximum Gasteiger partial charge on any atom is 0.349 e. The summed E-state index contributed by atoms with van der Waals surface area (Å²) >= 11 is 0. The fraction of sp³-hybridized carbons (Fsp3) is 0.435. The number of aromatic nitrogens is 3. The van der Waals surface area contributed by atoms with Crippen molar-refractivity contribution in [2.24, 2.45) is 5.92 Å². The average molecular weight is 435 g/mol. The van der Waals surface area contributed by atoms with Crippen molar-refractivity contribution in [3.8, 4) is 0 Å². The molecule has 0 bridgehead atoms. The highest BCUT2D eigenvalue weighted by Gasteiger charge is 2.28. The molecule has 0 radical (unpaired) electrons. The lowest BCUT2D eigenvalue weighted by Gasteiger charge is -2.32. The van der Waals surface area contributed by atoms with Gasteiger partial charge in [0.1, 0.15) is 11.1 Å². The third-order valence-corrected chi connectivity index (χ3v) is 6.27. The summed E-state index contributed by atoms with van der Waals surface area (Å²) in [6.07, 6.45) is 5.52. The Labute approximate surface area is 184 Å². The molecule has 1 atom stereocenters. The van der Waals surface area contributed by atoms with Gasteiger partial charge in [0.05, 0.1) is 6.20 Å². The van der Waals surface area contributed by atoms with Gasteiger partial charge < -0.3 is 14.2 Å². The van der Waals surface area contributed by atoms with Gasteiger partial charge >= 0.3 is 5.63 Å². The van der Waals surface area contributed by atoms with Gasteiger partial charge in [0.25, 0.3) is 11.8 Å². The van der Waals surface area contributed by atoms with Crippen LogP contribution in [0.5, 0.6) is 0 Å². The molecule has 4 heterocycles. The Hall–Kier alpha value is -3.49. The fourth-order valence-corrected chi connectivity index (χ4v) is 4.61. The van der Waals surface area contributed by atoms with E-state index >= 15 is 0 Å². The third kappa shape index (κ3) is 4.02. The van der Waals surface area contributed by atoms with Gasteiger partial charge in [-0.2, -0.15) is 0 Å². The minimum absolute atomic E-state index is 0.0589. The molecule has 2 aliphatic rings. The van der Waals surface area contributed by atoms with Crippen LogP contribution in [0.2, 0.25) is 0 Å². The van der Waals surface area contributed by atoms with Crippen LogP contribution in [0.15, 0.2) is 45.7 Å². The van der Waals surface area contributed by atoms with Crippen molar-refractivity contribution in [1.82, 2.24) is 24.8 Å². The molecule has 9 heteroatoms. The van der Waals surface area contributed by atoms with E-state index < -0.39 is 5.63 Å². The summed E-state index contributed by atoms with van der Waals surface area (Å²) in [4.78, 5) is 41.5. The Bertz CT molecular complexity index is 1210. The lowest BCUT2D eigenvalue weighted by Crippen LogP contribution is -2.42. The molecule has 9 nitrogen and oxygen atoms in total. The predicted molar refractivity (Wildman–Crippen MR) is 116 cm³/mol. The van der Waals surface area contributed by atoms with E-state index in [-0.39, 0.29) is 23.3 Å². The van der Waals surface area contributed by atoms with Crippen LogP contribution in [0.3, 0.4) is 0 Å². The van der Waals surface area contributed by atoms with Gasteiger partial charge in [-0.05, 0) is 43.7 Å². The van der Waals surface area contributed by atoms with Gasteiger partial charge in [0.2, 0.25) is 0 Å². The molecular weight excluding hydrogens is 410 g/mol. The first-order chi connectivity index (χ1) is 15.6. The number of rotatable bonds is 4. The SMILES string of the molecule is O=C(c1cn(C[C@H]2CCCN(C(=O)c3cc4ccccc4oc3=O)C2)nn1)N1CCCC1. The van der Waals surface area contributed by atoms with E-state index in [0.717, 1.165) is 44.2 Å². The molecule has 2 fully saturated rings. The van der Waals surface area contributed by atoms with E-state index in [1.165, 1.54) is 0 Å². The Morgan fingerprint density at radius 1 is 1.03 bits per heavy atom. The first-order valence-corrected chi connectivity index (χ1v) is 11.1. The van der Waals surface area contributed by atoms with Crippen molar-refractivity contribution in [2.75, 3.05) is 26.2 Å². The number of para-hydroxylation sites is 1. The number of hydrogen-bond donors (Lipinski definition) is 0. The molecule has 2 saturated heterocycles. The van der Waals surface area contributed by atoms with Crippen molar-refractivity contribution in [1.29, 1.82) is 0 Å². The molecule has 2 amide bonds. The summed E-state index contributed by atoms with van der Waals surface area (Å²) in [5, 5.41) is 8.91. The summed E-state index contributed by atoms with van der Waals surface area (Å²) in [6.45, 7) is 3.22. The fourth-order valence-electron chi connectivity index (χ4n) is 4.61. The highest BCUT2D eigenvalue weighted by Crippen LogP contribution is 2.21. The molecule has 2 aliphatic heterocycles. The van der Waals surface area contributed by atoms with Crippen LogP contribution in [-0.2, 0) is 6.54 Å². The quantitative estimate of drug-likeness (QED) is 0.582. The van der Waals surface area contributed by atoms with Gasteiger partial charge in [-0.1, -0.05) is 23.4 Å². The number of nitrogens with zero attached hydrogens (tertiary/aromatic N) is 5. The van der Waals surface area contributed by atoms with E-state index in [1.54, 1.807) is 34.0 Å². The largest absolute Gasteiger partial charge is 0.422 e. The number of hydrogen-bond acceptors (Lipinski definition) is 6. The van der Waals surface area contributed by atoms with Crippen LogP contribution in [0.4, 0.5) is 0 Å². The van der Waals surface area contributed by atoms with E-state index in [9.17, 15) is 14.4 Å². The summed E-state index contributed by atoms with van der Waals surface area (Å²) in [7, 11) is 0. The normalized spacial score (nSPS) is 18.9. The summed E-state index contributed by atoms with van der Waals surface area (Å²) < 4.78 is 7.02. The molecule has 32 heavy (non-hydrogen) atoms. The third-order valence-electron chi connectivity index (χ3n) is 6.27. The number of fused-ring (bicyclic) bond motifs is 1. The number of likely N-dealkylation sites (tertiary alicyclic amines) is 2. The Balaban J connectivity index is 1.27. The number of benzene rings is 1. The minimum Gasteiger partial charge on any atom is -0.422 e. The smallest absolute Gasteiger partial charge is 0.349 e. The number of amides is 2. The maximum atomic E-state index is 13.1. The number of carbonyl (C=O) groups excluding carboxylic acids is 2. The summed E-state index contributed by atoms with van der Waals surface area (Å²) in [6, 6.07) is 8.77. The van der Waals surface area contributed by atoms with Gasteiger partial charge in [0.15, 0.2) is 5.69 Å². The molecule has 0 N–H and O–H groups in total. The average Bonchev–Trinajstić information content (AvgIpc) is 3.50. The van der Waals surface area contributed by atoms with Crippen LogP contribution in [-0.4, -0.2) is 62.8 Å². The summed E-state index contributed by atoms with van der Waals surface area (Å²) in [5.41, 5.74) is 0.279. The van der Waals surface area contributed by atoms with Crippen molar-refractivity contribution >= 4 is 22.8 Å². The number of carbonyl (C=O) groups is 2. The molecule has 0 unspecified atom stereocenters. The van der Waals surface area contributed by atoms with Crippen LogP contribution in [0, 0.1) is 5.92 Å². The first kappa shape index (κ1) is 20.4. The molecule has 3 aromatic rings. The number of piperidine rings is 1. The Morgan fingerprint density at radius 2 is 1.81 bits per heavy atom. The van der Waals surface area contributed by atoms with E-state index in [2.05, 4.69) is 10.3 Å². The lowest BCUT2D eigenvalue weighted by atomic mass is 9.97. The minimum atomic E-state index is -0.614. The second kappa shape index (κ2) is 8.57. The highest BCUT2D eigenvalue weighted by atomic mass is 16.4. The van der Waals surface area contributed by atoms with Crippen LogP contribution in [0.1, 0.15) is 46.5 Å². The maximum absolute atomic E-state index is 13.1. The van der Waals surface area contributed by atoms with Crippen molar-refractivity contribution < 1.29 is 14.0 Å². The van der Waals surface area contributed by atoms with Gasteiger partial charge in [-0.25, -0.2) is 4.79 Å². The molecular formula is C23H25N5O4. The van der Waals surface area contributed by atoms with E-state index in [0.29, 0.717) is 30.9 Å². The monoisotopic (exact) mass is 435 g/mol. The molecule has 0 saturated carbocycles. The van der Waals surface area contributed by atoms with Crippen molar-refractivity contribution in [3.63, 3.8) is 0 Å². The van der Waals surface area contributed by atoms with Gasteiger partial charge in [-0.3, -0.25) is 14.3 Å². The second-order valence-electron chi connectivity index (χ2n) is 8.57. The lowest BCUT2D eigenvalue weighted by molar-refractivity contribution is 0.0655. The zero-order valence-corrected chi connectivity index (χ0v) is 17.8. The Kier molecular flexibility index (Phi) is 5.46. The summed E-state index contributed by atoms with van der Waals surface area (Å²) in [5.74, 6) is -0.216. The zero-order chi connectivity index (χ0) is 22.1. The molecule has 0 aliphatic carbocycles. The van der Waals surface area contributed by atoms with Crippen LogP contribution < -0.4 is 5.63 Å². The zero-order valence-electron chi connectivity index (χ0n) is 17.8. The predicted octanol–water partition coefficient (Wildman–Crippen LogP) is 2.17. The van der Waals surface area contributed by atoms with Crippen molar-refractivity contribution in [2.45, 2.75) is 32.2 Å². The standard InChI is InChI=1S/C23H25N5O4/c29-21(18-12-17-7-1-2-8-20(17)32-23(18)31)27-11-5-6-16(13-27)14-28-15-19(24-25-28)22(30)26-9-3-4-10-26/h1-2,7-8,12,15-16H,3-6,9-11,13-14H2/t16-/m0/s1. The van der Waals surface area contributed by atoms with Crippen molar-refractivity contribution in [3.05, 3.63) is 58.2 Å². The molecule has 2 aromatic heterocycles. The Morgan fingerprint density at radius 3 is 2.66 bits per heavy atom. The highest BCUT2D eigenvalue weighted by molar-refractivity contribution is 5.96. The van der Waals surface area contributed by atoms with E-state index in [4.69, 9.17) is 4.42 Å². The van der Waals surface area contributed by atoms with Gasteiger partial charge in [0, 0.05) is 38.1 Å². The molecule has 0 spiro atoms. The second-order valence-corrected chi connectivity index (χ2v) is 8.57. The van der Waals surface area contributed by atoms with Gasteiger partial charge in [-0.15, -0.1) is 5.10 Å². The first-order valence-electron chi connectivity index (χ1n) is 11.1. The molecule has 5 rings (SSSR count). The topological polar surface area (TPSA) is 102 Å². The van der Waals surface area contributed by atoms with Crippen LogP contribution >= 0.6 is 0 Å². The molecule has 1 aromatic carbocycles. The van der Waals surface area contributed by atoms with E-state index in [1.807, 2.05) is 17.0 Å². The molecule has 166 valence electrons. The van der Waals surface area contributed by atoms with Crippen LogP contribution in [0.25, 0.3) is 11.0 Å².